The van der Waals surface area contributed by atoms with E-state index in [0.717, 1.165) is 0 Å². The molecule has 7 nitrogen and oxygen atoms in total. The number of carbonyl (C=O) groups is 2. The molecule has 0 saturated carbocycles. The van der Waals surface area contributed by atoms with Gasteiger partial charge in [-0.2, -0.15) is 0 Å². The van der Waals surface area contributed by atoms with E-state index in [4.69, 9.17) is 23.7 Å². The topological polar surface area (TPSA) is 80.3 Å². The molecule has 0 radical (unpaired) electrons. The Labute approximate surface area is 160 Å². The van der Waals surface area contributed by atoms with E-state index in [0.29, 0.717) is 6.42 Å². The van der Waals surface area contributed by atoms with Gasteiger partial charge in [-0.1, -0.05) is 35.6 Å². The number of carbonyl (C=O) groups excluding carboxylic acids is 2. The summed E-state index contributed by atoms with van der Waals surface area (Å²) >= 11 is 0. The molecule has 0 heterocycles. The summed E-state index contributed by atoms with van der Waals surface area (Å²) in [6.45, 7) is 12.9. The molecule has 0 aromatic heterocycles. The Morgan fingerprint density at radius 1 is 0.962 bits per heavy atom. The summed E-state index contributed by atoms with van der Waals surface area (Å²) in [6, 6.07) is 0. The first-order valence-corrected chi connectivity index (χ1v) is 8.40. The average Bonchev–Trinajstić information content (AvgIpc) is 2.57. The van der Waals surface area contributed by atoms with Crippen LogP contribution in [0, 0.1) is 0 Å². The van der Waals surface area contributed by atoms with Gasteiger partial charge in [-0.15, -0.1) is 0 Å². The van der Waals surface area contributed by atoms with Gasteiger partial charge in [-0.3, -0.25) is 0 Å². The van der Waals surface area contributed by atoms with Crippen molar-refractivity contribution in [3.8, 4) is 0 Å². The third-order valence-corrected chi connectivity index (χ3v) is 2.98. The highest BCUT2D eigenvalue weighted by Gasteiger charge is 2.30. The second-order valence-electron chi connectivity index (χ2n) is 5.44. The van der Waals surface area contributed by atoms with Gasteiger partial charge in [0.15, 0.2) is 5.60 Å². The lowest BCUT2D eigenvalue weighted by atomic mass is 10.1. The Hall–Kier alpha value is -1.34. The van der Waals surface area contributed by atoms with E-state index in [9.17, 15) is 9.59 Å². The number of ether oxygens (including phenoxy) is 5. The molecule has 2 unspecified atom stereocenters. The van der Waals surface area contributed by atoms with E-state index in [2.05, 4.69) is 0 Å². The summed E-state index contributed by atoms with van der Waals surface area (Å²) in [5.74, 6) is -0.501. The number of esters is 1. The molecule has 2 atom stereocenters. The van der Waals surface area contributed by atoms with Gasteiger partial charge in [0, 0.05) is 7.11 Å². The monoisotopic (exact) mass is 382 g/mol. The van der Waals surface area contributed by atoms with Crippen LogP contribution in [-0.2, 0) is 28.5 Å². The first kappa shape index (κ1) is 32.3. The second-order valence-corrected chi connectivity index (χ2v) is 5.44. The molecular weight excluding hydrogens is 340 g/mol. The van der Waals surface area contributed by atoms with Gasteiger partial charge in [0.1, 0.15) is 19.3 Å². The highest BCUT2D eigenvalue weighted by Crippen LogP contribution is 2.12. The number of rotatable bonds is 10. The van der Waals surface area contributed by atoms with Crippen molar-refractivity contribution in [1.29, 1.82) is 0 Å². The van der Waals surface area contributed by atoms with Crippen molar-refractivity contribution in [3.63, 3.8) is 0 Å². The van der Waals surface area contributed by atoms with Crippen molar-refractivity contribution in [1.82, 2.24) is 0 Å². The lowest BCUT2D eigenvalue weighted by Crippen LogP contribution is -2.39. The molecule has 0 fully saturated rings. The Kier molecular flexibility index (Phi) is 23.0. The van der Waals surface area contributed by atoms with E-state index in [1.165, 1.54) is 7.11 Å². The van der Waals surface area contributed by atoms with Gasteiger partial charge in [0.2, 0.25) is 0 Å². The molecule has 0 aliphatic heterocycles. The molecular formula is C19H42O7. The molecule has 0 amide bonds. The first-order valence-electron chi connectivity index (χ1n) is 8.40. The highest BCUT2D eigenvalue weighted by molar-refractivity contribution is 5.78. The van der Waals surface area contributed by atoms with Gasteiger partial charge in [-0.05, 0) is 34.1 Å². The second kappa shape index (κ2) is 18.5. The predicted molar refractivity (Wildman–Crippen MR) is 104 cm³/mol. The number of methoxy groups -OCH3 is 1. The zero-order valence-corrected chi connectivity index (χ0v) is 16.3. The van der Waals surface area contributed by atoms with E-state index in [1.807, 2.05) is 20.8 Å². The summed E-state index contributed by atoms with van der Waals surface area (Å²) in [6.07, 6.45) is -0.405. The number of hydrogen-bond acceptors (Lipinski definition) is 7. The molecule has 0 spiro atoms. The van der Waals surface area contributed by atoms with Crippen LogP contribution in [0.1, 0.15) is 69.7 Å². The summed E-state index contributed by atoms with van der Waals surface area (Å²) in [5, 5.41) is 0. The van der Waals surface area contributed by atoms with Crippen LogP contribution in [0.3, 0.4) is 0 Å². The maximum atomic E-state index is 11.9. The summed E-state index contributed by atoms with van der Waals surface area (Å²) in [4.78, 5) is 23.1. The molecule has 0 rings (SSSR count). The minimum absolute atomic E-state index is 0. The van der Waals surface area contributed by atoms with Crippen LogP contribution >= 0.6 is 0 Å². The van der Waals surface area contributed by atoms with Crippen LogP contribution in [0.4, 0.5) is 4.79 Å². The Morgan fingerprint density at radius 2 is 1.50 bits per heavy atom. The zero-order valence-electron chi connectivity index (χ0n) is 16.3. The zero-order chi connectivity index (χ0) is 19.2. The van der Waals surface area contributed by atoms with Crippen molar-refractivity contribution < 1.29 is 33.3 Å². The van der Waals surface area contributed by atoms with Crippen LogP contribution < -0.4 is 0 Å². The van der Waals surface area contributed by atoms with Crippen LogP contribution in [0.2, 0.25) is 0 Å². The lowest BCUT2D eigenvalue weighted by molar-refractivity contribution is -0.172. The van der Waals surface area contributed by atoms with Crippen LogP contribution in [0.15, 0.2) is 0 Å². The van der Waals surface area contributed by atoms with E-state index in [-0.39, 0.29) is 46.9 Å². The quantitative estimate of drug-likeness (QED) is 0.403. The van der Waals surface area contributed by atoms with Gasteiger partial charge < -0.3 is 23.7 Å². The standard InChI is InChI=1S/C15H28O7.C2H6.2CH4/c1-7-11(2)22-14(17)19-8-9-21-15(4,5)13(16)20-10-12(3)18-6;1-2;;/h11-12H,7-10H2,1-6H3;1-2H3;2*1H4. The first-order chi connectivity index (χ1) is 11.2. The minimum Gasteiger partial charge on any atom is -0.461 e. The molecule has 7 heteroatoms. The van der Waals surface area contributed by atoms with E-state index in [1.54, 1.807) is 27.7 Å². The van der Waals surface area contributed by atoms with Crippen molar-refractivity contribution in [2.75, 3.05) is 26.9 Å². The minimum atomic E-state index is -1.13. The molecule has 0 bridgehead atoms. The third kappa shape index (κ3) is 16.1. The molecule has 0 aliphatic rings. The summed E-state index contributed by atoms with van der Waals surface area (Å²) < 4.78 is 25.2. The van der Waals surface area contributed by atoms with E-state index < -0.39 is 17.7 Å². The lowest BCUT2D eigenvalue weighted by Gasteiger charge is -2.24. The van der Waals surface area contributed by atoms with E-state index >= 15 is 0 Å². The Balaban J connectivity index is -0.000000582. The average molecular weight is 383 g/mol. The van der Waals surface area contributed by atoms with Gasteiger partial charge in [-0.25, -0.2) is 9.59 Å². The largest absolute Gasteiger partial charge is 0.508 e. The maximum absolute atomic E-state index is 11.9. The van der Waals surface area contributed by atoms with Crippen LogP contribution in [0.5, 0.6) is 0 Å². The van der Waals surface area contributed by atoms with Gasteiger partial charge >= 0.3 is 12.1 Å². The SMILES string of the molecule is C.C.CC.CCC(C)OC(=O)OCCOC(C)(C)C(=O)OCC(C)OC. The summed E-state index contributed by atoms with van der Waals surface area (Å²) in [5.41, 5.74) is -1.13. The predicted octanol–water partition coefficient (Wildman–Crippen LogP) is 4.61. The molecule has 160 valence electrons. The van der Waals surface area contributed by atoms with Crippen molar-refractivity contribution in [3.05, 3.63) is 0 Å². The number of hydrogen-bond donors (Lipinski definition) is 0. The van der Waals surface area contributed by atoms with Crippen LogP contribution in [0.25, 0.3) is 0 Å². The maximum Gasteiger partial charge on any atom is 0.508 e. The molecule has 0 aromatic rings. The normalized spacial score (nSPS) is 12.2. The molecule has 0 saturated heterocycles. The smallest absolute Gasteiger partial charge is 0.461 e. The Bertz CT molecular complexity index is 343. The fourth-order valence-corrected chi connectivity index (χ4v) is 1.20. The highest BCUT2D eigenvalue weighted by atomic mass is 16.7. The fraction of sp³-hybridized carbons (Fsp3) is 0.895. The summed E-state index contributed by atoms with van der Waals surface area (Å²) in [7, 11) is 1.54. The fourth-order valence-electron chi connectivity index (χ4n) is 1.20. The van der Waals surface area contributed by atoms with Gasteiger partial charge in [0.25, 0.3) is 0 Å². The third-order valence-electron chi connectivity index (χ3n) is 2.98. The van der Waals surface area contributed by atoms with Crippen molar-refractivity contribution in [2.24, 2.45) is 0 Å². The van der Waals surface area contributed by atoms with Crippen molar-refractivity contribution in [2.45, 2.75) is 87.5 Å². The molecule has 0 aromatic carbocycles. The Morgan fingerprint density at radius 3 is 1.96 bits per heavy atom. The van der Waals surface area contributed by atoms with Crippen LogP contribution in [-0.4, -0.2) is 56.9 Å². The van der Waals surface area contributed by atoms with Gasteiger partial charge in [0.05, 0.1) is 12.7 Å². The molecule has 0 aliphatic carbocycles. The molecule has 26 heavy (non-hydrogen) atoms. The van der Waals surface area contributed by atoms with Crippen molar-refractivity contribution >= 4 is 12.1 Å². The molecule has 0 N–H and O–H groups in total.